The third kappa shape index (κ3) is 11.3. The number of aliphatic carboxylic acids is 2. The number of fused-ring (bicyclic) bond motifs is 1. The van der Waals surface area contributed by atoms with Crippen LogP contribution in [-0.4, -0.2) is 39.0 Å². The number of hydrogen-bond acceptors (Lipinski definition) is 5. The third-order valence-electron chi connectivity index (χ3n) is 7.24. The molecule has 3 atom stereocenters. The first-order chi connectivity index (χ1) is 18.2. The Morgan fingerprint density at radius 1 is 0.975 bits per heavy atom. The number of hydrogen-bond donors (Lipinski definition) is 3. The van der Waals surface area contributed by atoms with Crippen LogP contribution in [0.3, 0.4) is 0 Å². The number of carbonyl (C=O) groups is 2. The van der Waals surface area contributed by atoms with E-state index >= 15 is 0 Å². The molecule has 40 heavy (non-hydrogen) atoms. The van der Waals surface area contributed by atoms with Gasteiger partial charge in [-0.3, -0.25) is 4.79 Å². The number of aliphatic hydroxyl groups excluding tert-OH is 1. The number of carboxylic acids is 2. The molecule has 1 heterocycles. The molecule has 2 aromatic carbocycles. The molecule has 0 saturated heterocycles. The summed E-state index contributed by atoms with van der Waals surface area (Å²) in [6.45, 7) is 3.81. The summed E-state index contributed by atoms with van der Waals surface area (Å²) in [6.07, 6.45) is 10.2. The predicted octanol–water partition coefficient (Wildman–Crippen LogP) is 1.44. The Morgan fingerprint density at radius 3 is 2.25 bits per heavy atom. The maximum Gasteiger partial charge on any atom is 1.00 e. The van der Waals surface area contributed by atoms with Gasteiger partial charge in [0, 0.05) is 12.8 Å². The second-order valence-corrected chi connectivity index (χ2v) is 11.7. The molecule has 6 nitrogen and oxygen atoms in total. The van der Waals surface area contributed by atoms with Crippen LogP contribution in [0.15, 0.2) is 47.4 Å². The van der Waals surface area contributed by atoms with Crippen LogP contribution in [0.25, 0.3) is 0 Å². The molecule has 0 bridgehead atoms. The monoisotopic (exact) mass is 590 g/mol. The second kappa shape index (κ2) is 18.9. The first kappa shape index (κ1) is 37.5. The van der Waals surface area contributed by atoms with Crippen LogP contribution in [0.1, 0.15) is 103 Å². The normalized spacial score (nSPS) is 17.1. The molecule has 9 heteroatoms. The number of aryl methyl sites for hydroxylation is 1. The van der Waals surface area contributed by atoms with Crippen LogP contribution in [0, 0.1) is 0 Å². The van der Waals surface area contributed by atoms with Crippen molar-refractivity contribution in [1.82, 2.24) is 0 Å². The van der Waals surface area contributed by atoms with Crippen molar-refractivity contribution in [2.75, 3.05) is 0 Å². The average molecular weight is 591 g/mol. The molecule has 0 spiro atoms. The van der Waals surface area contributed by atoms with Gasteiger partial charge in [0.05, 0.1) is 16.2 Å². The minimum Gasteiger partial charge on any atom is -1.00 e. The van der Waals surface area contributed by atoms with Crippen molar-refractivity contribution in [3.63, 3.8) is 0 Å². The SMILES string of the molecule is CCCCCCCCCc1ccc(C(Sc2cccc3c2OC(C)(C(=O)O)C3)C(O)CCCC(=O)O)cc1.[H-].[H-].[Na+].[Na+]. The van der Waals surface area contributed by atoms with E-state index in [2.05, 4.69) is 31.2 Å². The van der Waals surface area contributed by atoms with E-state index in [1.807, 2.05) is 18.2 Å². The van der Waals surface area contributed by atoms with E-state index < -0.39 is 23.6 Å². The Kier molecular flexibility index (Phi) is 17.7. The molecule has 3 unspecified atom stereocenters. The summed E-state index contributed by atoms with van der Waals surface area (Å²) in [5, 5.41) is 29.5. The topological polar surface area (TPSA) is 104 Å². The number of benzene rings is 2. The summed E-state index contributed by atoms with van der Waals surface area (Å²) < 4.78 is 5.94. The van der Waals surface area contributed by atoms with Crippen LogP contribution < -0.4 is 63.9 Å². The number of thioether (sulfide) groups is 1. The van der Waals surface area contributed by atoms with Gasteiger partial charge in [-0.15, -0.1) is 11.8 Å². The average Bonchev–Trinajstić information content (AvgIpc) is 3.25. The largest absolute Gasteiger partial charge is 1.00 e. The summed E-state index contributed by atoms with van der Waals surface area (Å²) in [4.78, 5) is 23.6. The second-order valence-electron chi connectivity index (χ2n) is 10.6. The molecule has 3 N–H and O–H groups in total. The first-order valence-electron chi connectivity index (χ1n) is 13.9. The van der Waals surface area contributed by atoms with Crippen molar-refractivity contribution in [2.24, 2.45) is 0 Å². The predicted molar refractivity (Wildman–Crippen MR) is 153 cm³/mol. The summed E-state index contributed by atoms with van der Waals surface area (Å²) in [7, 11) is 0. The van der Waals surface area contributed by atoms with Gasteiger partial charge < -0.3 is 22.9 Å². The molecule has 0 amide bonds. The van der Waals surface area contributed by atoms with Gasteiger partial charge in [0.2, 0.25) is 5.60 Å². The van der Waals surface area contributed by atoms with Gasteiger partial charge in [0.15, 0.2) is 0 Å². The van der Waals surface area contributed by atoms with E-state index in [-0.39, 0.29) is 80.1 Å². The molecule has 212 valence electrons. The Bertz CT molecular complexity index is 1080. The summed E-state index contributed by atoms with van der Waals surface area (Å²) in [5.74, 6) is -1.33. The van der Waals surface area contributed by atoms with E-state index in [1.165, 1.54) is 55.9 Å². The van der Waals surface area contributed by atoms with Crippen molar-refractivity contribution in [3.8, 4) is 5.75 Å². The zero-order valence-corrected chi connectivity index (χ0v) is 29.5. The van der Waals surface area contributed by atoms with Gasteiger partial charge in [0.25, 0.3) is 0 Å². The standard InChI is InChI=1S/C31H42O6S.2Na.2H/c1-3-4-5-6-7-8-9-12-22-17-19-23(20-18-22)29(25(32)14-11-16-27(33)34)38-26-15-10-13-24-21-31(2,30(35)36)37-28(24)26;;;;/h10,13,15,17-20,25,29,32H,3-9,11-12,14,16,21H2,1-2H3,(H,33,34)(H,35,36);;;;/q;2*+1;2*-1. The van der Waals surface area contributed by atoms with Gasteiger partial charge in [0.1, 0.15) is 5.75 Å². The Balaban J connectivity index is 0. The minimum atomic E-state index is -1.31. The minimum absolute atomic E-state index is 0. The molecule has 0 saturated carbocycles. The van der Waals surface area contributed by atoms with Crippen LogP contribution in [-0.2, 0) is 22.4 Å². The quantitative estimate of drug-likeness (QED) is 0.146. The Morgan fingerprint density at radius 2 is 1.62 bits per heavy atom. The summed E-state index contributed by atoms with van der Waals surface area (Å²) >= 11 is 1.45. The fourth-order valence-electron chi connectivity index (χ4n) is 4.93. The molecule has 2 aromatic rings. The van der Waals surface area contributed by atoms with Gasteiger partial charge in [-0.1, -0.05) is 81.8 Å². The van der Waals surface area contributed by atoms with Gasteiger partial charge in [-0.25, -0.2) is 4.79 Å². The fourth-order valence-corrected chi connectivity index (χ4v) is 6.23. The number of unbranched alkanes of at least 4 members (excludes halogenated alkanes) is 6. The van der Waals surface area contributed by atoms with Crippen molar-refractivity contribution in [1.29, 1.82) is 0 Å². The number of ether oxygens (including phenoxy) is 1. The van der Waals surface area contributed by atoms with Crippen LogP contribution >= 0.6 is 11.8 Å². The molecule has 1 aliphatic heterocycles. The number of aliphatic hydroxyl groups is 1. The smallest absolute Gasteiger partial charge is 1.00 e. The number of rotatable bonds is 17. The van der Waals surface area contributed by atoms with Gasteiger partial charge in [-0.2, -0.15) is 0 Å². The molecule has 3 rings (SSSR count). The molecule has 0 aromatic heterocycles. The maximum absolute atomic E-state index is 11.8. The van der Waals surface area contributed by atoms with Crippen LogP contribution in [0.5, 0.6) is 5.75 Å². The maximum atomic E-state index is 11.8. The van der Waals surface area contributed by atoms with Crippen molar-refractivity contribution >= 4 is 23.7 Å². The molecular formula is C31H44Na2O6S. The Labute approximate surface area is 290 Å². The van der Waals surface area contributed by atoms with E-state index in [0.717, 1.165) is 28.9 Å². The van der Waals surface area contributed by atoms with E-state index in [9.17, 15) is 19.8 Å². The molecular weight excluding hydrogens is 546 g/mol. The Hall–Kier alpha value is -0.510. The van der Waals surface area contributed by atoms with Gasteiger partial charge in [-0.05, 0) is 55.4 Å². The molecule has 0 aliphatic carbocycles. The van der Waals surface area contributed by atoms with Crippen molar-refractivity contribution in [3.05, 3.63) is 59.2 Å². The van der Waals surface area contributed by atoms with Gasteiger partial charge >= 0.3 is 71.1 Å². The molecule has 1 aliphatic rings. The van der Waals surface area contributed by atoms with E-state index in [0.29, 0.717) is 18.6 Å². The van der Waals surface area contributed by atoms with Crippen LogP contribution in [0.4, 0.5) is 0 Å². The zero-order chi connectivity index (χ0) is 27.5. The van der Waals surface area contributed by atoms with Crippen molar-refractivity contribution in [2.45, 2.75) is 113 Å². The summed E-state index contributed by atoms with van der Waals surface area (Å²) in [5.41, 5.74) is 1.75. The number of para-hydroxylation sites is 1. The van der Waals surface area contributed by atoms with E-state index in [4.69, 9.17) is 9.84 Å². The fraction of sp³-hybridized carbons (Fsp3) is 0.548. The zero-order valence-electron chi connectivity index (χ0n) is 26.7. The third-order valence-corrected chi connectivity index (χ3v) is 8.65. The van der Waals surface area contributed by atoms with Crippen molar-refractivity contribution < 1.29 is 91.6 Å². The van der Waals surface area contributed by atoms with Crippen LogP contribution in [0.2, 0.25) is 0 Å². The number of carboxylic acid groups (broad SMARTS) is 2. The first-order valence-corrected chi connectivity index (χ1v) is 14.8. The molecule has 0 fully saturated rings. The molecule has 0 radical (unpaired) electrons. The summed E-state index contributed by atoms with van der Waals surface area (Å²) in [6, 6.07) is 14.0. The van der Waals surface area contributed by atoms with E-state index in [1.54, 1.807) is 6.92 Å².